The average molecular weight is 305 g/mol. The van der Waals surface area contributed by atoms with Gasteiger partial charge in [0.25, 0.3) is 0 Å². The Kier molecular flexibility index (Phi) is 3.96. The number of pyridine rings is 1. The van der Waals surface area contributed by atoms with Gasteiger partial charge in [-0.3, -0.25) is 0 Å². The average Bonchev–Trinajstić information content (AvgIpc) is 2.87. The Morgan fingerprint density at radius 3 is 2.65 bits per heavy atom. The molecule has 0 amide bonds. The van der Waals surface area contributed by atoms with Crippen LogP contribution >= 0.6 is 23.4 Å². The van der Waals surface area contributed by atoms with E-state index in [4.69, 9.17) is 16.7 Å². The third-order valence-electron chi connectivity index (χ3n) is 2.96. The topological polar surface area (TPSA) is 37.5 Å². The first-order valence-corrected chi connectivity index (χ1v) is 7.57. The second kappa shape index (κ2) is 5.87. The molecule has 2 heterocycles. The lowest BCUT2D eigenvalue weighted by Gasteiger charge is -2.00. The summed E-state index contributed by atoms with van der Waals surface area (Å²) in [6, 6.07) is 11.7. The molecule has 0 bridgehead atoms. The number of imidazole rings is 1. The molecule has 0 unspecified atom stereocenters. The van der Waals surface area contributed by atoms with Crippen LogP contribution in [0.4, 0.5) is 0 Å². The van der Waals surface area contributed by atoms with Gasteiger partial charge in [0.1, 0.15) is 5.65 Å². The Hall–Kier alpha value is -1.49. The smallest absolute Gasteiger partial charge is 0.137 e. The second-order valence-corrected chi connectivity index (χ2v) is 5.92. The zero-order valence-corrected chi connectivity index (χ0v) is 12.2. The van der Waals surface area contributed by atoms with E-state index < -0.39 is 0 Å². The van der Waals surface area contributed by atoms with Gasteiger partial charge in [-0.25, -0.2) is 4.98 Å². The van der Waals surface area contributed by atoms with Gasteiger partial charge in [0.05, 0.1) is 17.3 Å². The number of aromatic nitrogens is 2. The number of halogens is 1. The van der Waals surface area contributed by atoms with E-state index in [0.717, 1.165) is 27.6 Å². The van der Waals surface area contributed by atoms with E-state index in [2.05, 4.69) is 4.98 Å². The fourth-order valence-corrected chi connectivity index (χ4v) is 2.89. The van der Waals surface area contributed by atoms with Crippen LogP contribution in [0, 0.1) is 0 Å². The molecule has 3 nitrogen and oxygen atoms in total. The molecule has 1 aromatic carbocycles. The van der Waals surface area contributed by atoms with Crippen LogP contribution in [-0.2, 0) is 12.4 Å². The Morgan fingerprint density at radius 1 is 1.10 bits per heavy atom. The number of benzene rings is 1. The van der Waals surface area contributed by atoms with E-state index in [1.165, 1.54) is 0 Å². The Labute approximate surface area is 126 Å². The molecule has 0 radical (unpaired) electrons. The maximum Gasteiger partial charge on any atom is 0.137 e. The molecule has 3 aromatic rings. The first-order chi connectivity index (χ1) is 9.74. The van der Waals surface area contributed by atoms with Gasteiger partial charge in [0.15, 0.2) is 0 Å². The van der Waals surface area contributed by atoms with Crippen molar-refractivity contribution in [1.82, 2.24) is 9.38 Å². The summed E-state index contributed by atoms with van der Waals surface area (Å²) < 4.78 is 1.94. The number of rotatable bonds is 4. The zero-order chi connectivity index (χ0) is 13.9. The molecule has 0 saturated heterocycles. The number of nitrogens with zero attached hydrogens (tertiary/aromatic N) is 2. The fourth-order valence-electron chi connectivity index (χ4n) is 1.94. The van der Waals surface area contributed by atoms with Crippen LogP contribution in [0.15, 0.2) is 53.7 Å². The van der Waals surface area contributed by atoms with Crippen molar-refractivity contribution in [3.05, 3.63) is 65.1 Å². The highest BCUT2D eigenvalue weighted by Gasteiger charge is 2.03. The Bertz CT molecular complexity index is 724. The van der Waals surface area contributed by atoms with Gasteiger partial charge in [0.2, 0.25) is 0 Å². The minimum atomic E-state index is 0.0815. The molecule has 3 rings (SSSR count). The molecule has 5 heteroatoms. The van der Waals surface area contributed by atoms with Crippen molar-refractivity contribution in [2.45, 2.75) is 17.3 Å². The first-order valence-electron chi connectivity index (χ1n) is 6.20. The van der Waals surface area contributed by atoms with Crippen LogP contribution in [0.2, 0.25) is 5.02 Å². The zero-order valence-electron chi connectivity index (χ0n) is 10.7. The summed E-state index contributed by atoms with van der Waals surface area (Å²) in [6.07, 6.45) is 3.85. The summed E-state index contributed by atoms with van der Waals surface area (Å²) >= 11 is 7.68. The Morgan fingerprint density at radius 2 is 1.90 bits per heavy atom. The lowest BCUT2D eigenvalue weighted by atomic mass is 10.2. The number of hydrogen-bond acceptors (Lipinski definition) is 3. The van der Waals surface area contributed by atoms with Crippen molar-refractivity contribution in [2.24, 2.45) is 0 Å². The first kappa shape index (κ1) is 13.5. The molecule has 0 saturated carbocycles. The standard InChI is InChI=1S/C15H13ClN2OS/c16-12-3-6-15-17-13(8-18(15)7-12)10-20-14-4-1-11(9-19)2-5-14/h1-8,19H,9-10H2. The highest BCUT2D eigenvalue weighted by Crippen LogP contribution is 2.23. The summed E-state index contributed by atoms with van der Waals surface area (Å²) in [5.41, 5.74) is 2.85. The second-order valence-electron chi connectivity index (χ2n) is 4.44. The van der Waals surface area contributed by atoms with Gasteiger partial charge in [-0.05, 0) is 29.8 Å². The number of thioether (sulfide) groups is 1. The summed E-state index contributed by atoms with van der Waals surface area (Å²) in [5, 5.41) is 9.71. The largest absolute Gasteiger partial charge is 0.392 e. The molecule has 20 heavy (non-hydrogen) atoms. The van der Waals surface area contributed by atoms with Crippen LogP contribution < -0.4 is 0 Å². The molecule has 2 aromatic heterocycles. The number of hydrogen-bond donors (Lipinski definition) is 1. The molecular weight excluding hydrogens is 292 g/mol. The molecule has 0 aliphatic rings. The molecule has 0 atom stereocenters. The van der Waals surface area contributed by atoms with Gasteiger partial charge < -0.3 is 9.51 Å². The predicted molar refractivity (Wildman–Crippen MR) is 82.1 cm³/mol. The van der Waals surface area contributed by atoms with Crippen molar-refractivity contribution in [3.8, 4) is 0 Å². The van der Waals surface area contributed by atoms with E-state index in [-0.39, 0.29) is 6.61 Å². The highest BCUT2D eigenvalue weighted by molar-refractivity contribution is 7.98. The highest BCUT2D eigenvalue weighted by atomic mass is 35.5. The van der Waals surface area contributed by atoms with Crippen molar-refractivity contribution in [2.75, 3.05) is 0 Å². The number of aliphatic hydroxyl groups is 1. The van der Waals surface area contributed by atoms with Crippen molar-refractivity contribution in [3.63, 3.8) is 0 Å². The lowest BCUT2D eigenvalue weighted by molar-refractivity contribution is 0.282. The SMILES string of the molecule is OCc1ccc(SCc2cn3cc(Cl)ccc3n2)cc1. The van der Waals surface area contributed by atoms with Gasteiger partial charge in [-0.15, -0.1) is 11.8 Å². The van der Waals surface area contributed by atoms with Gasteiger partial charge in [-0.2, -0.15) is 0 Å². The van der Waals surface area contributed by atoms with Crippen molar-refractivity contribution >= 4 is 29.0 Å². The van der Waals surface area contributed by atoms with Crippen molar-refractivity contribution in [1.29, 1.82) is 0 Å². The quantitative estimate of drug-likeness (QED) is 0.746. The van der Waals surface area contributed by atoms with Crippen LogP contribution in [0.3, 0.4) is 0 Å². The minimum Gasteiger partial charge on any atom is -0.392 e. The van der Waals surface area contributed by atoms with E-state index >= 15 is 0 Å². The normalized spacial score (nSPS) is 11.1. The van der Waals surface area contributed by atoms with Crippen LogP contribution in [0.25, 0.3) is 5.65 Å². The van der Waals surface area contributed by atoms with Gasteiger partial charge >= 0.3 is 0 Å². The monoisotopic (exact) mass is 304 g/mol. The van der Waals surface area contributed by atoms with Gasteiger partial charge in [0, 0.05) is 23.0 Å². The molecule has 1 N–H and O–H groups in total. The number of fused-ring (bicyclic) bond motifs is 1. The predicted octanol–water partition coefficient (Wildman–Crippen LogP) is 3.77. The molecular formula is C15H13ClN2OS. The van der Waals surface area contributed by atoms with E-state index in [1.54, 1.807) is 11.8 Å². The molecule has 0 aliphatic heterocycles. The number of aliphatic hydroxyl groups excluding tert-OH is 1. The third-order valence-corrected chi connectivity index (χ3v) is 4.23. The molecule has 0 aliphatic carbocycles. The molecule has 0 fully saturated rings. The minimum absolute atomic E-state index is 0.0815. The summed E-state index contributed by atoms with van der Waals surface area (Å²) in [5.74, 6) is 0.803. The van der Waals surface area contributed by atoms with E-state index in [1.807, 2.05) is 53.2 Å². The van der Waals surface area contributed by atoms with Gasteiger partial charge in [-0.1, -0.05) is 23.7 Å². The van der Waals surface area contributed by atoms with Crippen LogP contribution in [0.1, 0.15) is 11.3 Å². The van der Waals surface area contributed by atoms with Crippen LogP contribution in [-0.4, -0.2) is 14.5 Å². The molecule has 102 valence electrons. The summed E-state index contributed by atoms with van der Waals surface area (Å²) in [7, 11) is 0. The van der Waals surface area contributed by atoms with Crippen LogP contribution in [0.5, 0.6) is 0 Å². The fraction of sp³-hybridized carbons (Fsp3) is 0.133. The van der Waals surface area contributed by atoms with Crippen molar-refractivity contribution < 1.29 is 5.11 Å². The Balaban J connectivity index is 1.72. The molecule has 0 spiro atoms. The maximum absolute atomic E-state index is 9.01. The van der Waals surface area contributed by atoms with E-state index in [9.17, 15) is 0 Å². The van der Waals surface area contributed by atoms with E-state index in [0.29, 0.717) is 5.02 Å². The third kappa shape index (κ3) is 2.98. The lowest BCUT2D eigenvalue weighted by Crippen LogP contribution is -1.83. The summed E-state index contributed by atoms with van der Waals surface area (Å²) in [6.45, 7) is 0.0815. The summed E-state index contributed by atoms with van der Waals surface area (Å²) in [4.78, 5) is 5.71. The maximum atomic E-state index is 9.01.